The molecular formula is C13H10F3NO4. The van der Waals surface area contributed by atoms with E-state index in [4.69, 9.17) is 0 Å². The molecule has 0 unspecified atom stereocenters. The van der Waals surface area contributed by atoms with Crippen molar-refractivity contribution < 1.29 is 32.3 Å². The summed E-state index contributed by atoms with van der Waals surface area (Å²) in [4.78, 5) is 35.8. The average molecular weight is 301 g/mol. The molecule has 112 valence electrons. The normalized spacial score (nSPS) is 14.6. The number of methoxy groups -OCH3 is 1. The highest BCUT2D eigenvalue weighted by molar-refractivity contribution is 6.52. The molecule has 0 aliphatic carbocycles. The highest BCUT2D eigenvalue weighted by atomic mass is 19.4. The number of hydrogen-bond donors (Lipinski definition) is 0. The Balaban J connectivity index is 2.37. The van der Waals surface area contributed by atoms with Crippen molar-refractivity contribution in [2.75, 3.05) is 25.2 Å². The Hall–Kier alpha value is -2.22. The van der Waals surface area contributed by atoms with Gasteiger partial charge in [0, 0.05) is 7.11 Å². The second-order valence-electron chi connectivity index (χ2n) is 4.42. The molecule has 0 saturated carbocycles. The molecule has 0 bridgehead atoms. The first-order valence-corrected chi connectivity index (χ1v) is 5.83. The third-order valence-electron chi connectivity index (χ3n) is 2.94. The predicted octanol–water partition coefficient (Wildman–Crippen LogP) is 1.45. The summed E-state index contributed by atoms with van der Waals surface area (Å²) in [7, 11) is 1.29. The highest BCUT2D eigenvalue weighted by Gasteiger charge is 2.39. The number of carbonyl (C=O) groups excluding carboxylic acids is 3. The number of alkyl halides is 3. The lowest BCUT2D eigenvalue weighted by Crippen LogP contribution is -2.35. The van der Waals surface area contributed by atoms with Crippen molar-refractivity contribution in [3.8, 4) is 0 Å². The van der Waals surface area contributed by atoms with Crippen molar-refractivity contribution >= 4 is 23.2 Å². The van der Waals surface area contributed by atoms with Crippen LogP contribution in [0.5, 0.6) is 0 Å². The number of benzene rings is 1. The van der Waals surface area contributed by atoms with Gasteiger partial charge in [0.1, 0.15) is 6.61 Å². The van der Waals surface area contributed by atoms with E-state index in [1.807, 2.05) is 0 Å². The zero-order chi connectivity index (χ0) is 15.8. The van der Waals surface area contributed by atoms with Crippen molar-refractivity contribution in [3.63, 3.8) is 0 Å². The van der Waals surface area contributed by atoms with Crippen LogP contribution in [-0.4, -0.2) is 37.7 Å². The van der Waals surface area contributed by atoms with Gasteiger partial charge < -0.3 is 4.74 Å². The molecule has 1 aliphatic rings. The van der Waals surface area contributed by atoms with Gasteiger partial charge in [-0.2, -0.15) is 13.2 Å². The molecule has 21 heavy (non-hydrogen) atoms. The quantitative estimate of drug-likeness (QED) is 0.790. The molecule has 1 aromatic carbocycles. The van der Waals surface area contributed by atoms with Crippen molar-refractivity contribution in [2.24, 2.45) is 0 Å². The number of ether oxygens (including phenoxy) is 1. The van der Waals surface area contributed by atoms with E-state index in [9.17, 15) is 27.6 Å². The second kappa shape index (κ2) is 5.28. The summed E-state index contributed by atoms with van der Waals surface area (Å²) in [5.74, 6) is -2.54. The molecule has 0 atom stereocenters. The largest absolute Gasteiger partial charge is 0.416 e. The molecule has 1 amide bonds. The number of hydrogen-bond acceptors (Lipinski definition) is 4. The molecule has 0 aromatic heterocycles. The molecule has 8 heteroatoms. The second-order valence-corrected chi connectivity index (χ2v) is 4.42. The van der Waals surface area contributed by atoms with E-state index in [1.54, 1.807) is 0 Å². The molecule has 0 saturated heterocycles. The van der Waals surface area contributed by atoms with Gasteiger partial charge in [0.25, 0.3) is 11.7 Å². The first kappa shape index (κ1) is 15.2. The fourth-order valence-electron chi connectivity index (χ4n) is 2.02. The van der Waals surface area contributed by atoms with Gasteiger partial charge in [-0.1, -0.05) is 0 Å². The van der Waals surface area contributed by atoms with Crippen LogP contribution in [0.3, 0.4) is 0 Å². The lowest BCUT2D eigenvalue weighted by atomic mass is 10.1. The number of rotatable bonds is 4. The van der Waals surface area contributed by atoms with Crippen LogP contribution >= 0.6 is 0 Å². The van der Waals surface area contributed by atoms with E-state index in [0.717, 1.165) is 17.0 Å². The molecule has 1 heterocycles. The lowest BCUT2D eigenvalue weighted by Gasteiger charge is -2.15. The highest BCUT2D eigenvalue weighted by Crippen LogP contribution is 2.35. The van der Waals surface area contributed by atoms with Crippen LogP contribution in [0.1, 0.15) is 15.9 Å². The Labute approximate surface area is 117 Å². The first-order chi connectivity index (χ1) is 9.75. The fourth-order valence-corrected chi connectivity index (χ4v) is 2.02. The van der Waals surface area contributed by atoms with Crippen LogP contribution in [0.25, 0.3) is 0 Å². The minimum Gasteiger partial charge on any atom is -0.377 e. The number of nitrogens with zero attached hydrogens (tertiary/aromatic N) is 1. The molecule has 1 aromatic rings. The minimum absolute atomic E-state index is 0.00227. The van der Waals surface area contributed by atoms with Gasteiger partial charge in [0.15, 0.2) is 5.78 Å². The number of anilines is 1. The zero-order valence-corrected chi connectivity index (χ0v) is 10.9. The lowest BCUT2D eigenvalue weighted by molar-refractivity contribution is -0.137. The first-order valence-electron chi connectivity index (χ1n) is 5.83. The summed E-state index contributed by atoms with van der Waals surface area (Å²) in [6.45, 7) is -0.676. The van der Waals surface area contributed by atoms with Gasteiger partial charge in [0.2, 0.25) is 0 Å². The number of ketones is 2. The summed E-state index contributed by atoms with van der Waals surface area (Å²) >= 11 is 0. The maximum Gasteiger partial charge on any atom is 0.416 e. The van der Waals surface area contributed by atoms with Gasteiger partial charge in [-0.15, -0.1) is 0 Å². The van der Waals surface area contributed by atoms with Crippen LogP contribution in [0, 0.1) is 0 Å². The van der Waals surface area contributed by atoms with Gasteiger partial charge in [-0.3, -0.25) is 19.3 Å². The van der Waals surface area contributed by atoms with Crippen LogP contribution in [0.15, 0.2) is 18.2 Å². The molecule has 0 N–H and O–H groups in total. The molecular weight excluding hydrogens is 291 g/mol. The monoisotopic (exact) mass is 301 g/mol. The number of fused-ring (bicyclic) bond motifs is 1. The Morgan fingerprint density at radius 1 is 1.29 bits per heavy atom. The predicted molar refractivity (Wildman–Crippen MR) is 65.0 cm³/mol. The molecule has 1 aliphatic heterocycles. The van der Waals surface area contributed by atoms with E-state index in [1.165, 1.54) is 7.11 Å². The van der Waals surface area contributed by atoms with Crippen LogP contribution in [-0.2, 0) is 20.5 Å². The van der Waals surface area contributed by atoms with Gasteiger partial charge in [-0.05, 0) is 18.2 Å². The third kappa shape index (κ3) is 2.80. The van der Waals surface area contributed by atoms with Crippen molar-refractivity contribution in [1.29, 1.82) is 0 Å². The van der Waals surface area contributed by atoms with Crippen molar-refractivity contribution in [2.45, 2.75) is 6.18 Å². The van der Waals surface area contributed by atoms with E-state index >= 15 is 0 Å². The standard InChI is InChI=1S/C13H10F3NO4/c1-21-6-8(18)5-17-10-3-2-7(13(14,15)16)4-9(10)11(19)12(17)20/h2-4H,5-6H2,1H3. The Kier molecular flexibility index (Phi) is 3.82. The zero-order valence-electron chi connectivity index (χ0n) is 10.9. The van der Waals surface area contributed by atoms with Crippen molar-refractivity contribution in [3.05, 3.63) is 29.3 Å². The van der Waals surface area contributed by atoms with Crippen molar-refractivity contribution in [1.82, 2.24) is 0 Å². The topological polar surface area (TPSA) is 63.7 Å². The van der Waals surface area contributed by atoms with Crippen LogP contribution in [0.2, 0.25) is 0 Å². The number of carbonyl (C=O) groups is 3. The van der Waals surface area contributed by atoms with E-state index in [2.05, 4.69) is 4.74 Å². The van der Waals surface area contributed by atoms with E-state index < -0.39 is 35.8 Å². The van der Waals surface area contributed by atoms with Gasteiger partial charge in [0.05, 0.1) is 23.4 Å². The summed E-state index contributed by atoms with van der Waals surface area (Å²) in [5, 5.41) is 0. The summed E-state index contributed by atoms with van der Waals surface area (Å²) in [6.07, 6.45) is -4.61. The summed E-state index contributed by atoms with van der Waals surface area (Å²) < 4.78 is 42.4. The fraction of sp³-hybridized carbons (Fsp3) is 0.308. The number of amides is 1. The Morgan fingerprint density at radius 2 is 1.95 bits per heavy atom. The van der Waals surface area contributed by atoms with E-state index in [-0.39, 0.29) is 17.9 Å². The van der Waals surface area contributed by atoms with Gasteiger partial charge in [-0.25, -0.2) is 0 Å². The molecule has 0 fully saturated rings. The number of Topliss-reactive ketones (excluding diaryl/α,β-unsaturated/α-hetero) is 2. The molecule has 0 radical (unpaired) electrons. The maximum absolute atomic E-state index is 12.6. The SMILES string of the molecule is COCC(=O)CN1C(=O)C(=O)c2cc(C(F)(F)F)ccc21. The third-order valence-corrected chi connectivity index (χ3v) is 2.94. The smallest absolute Gasteiger partial charge is 0.377 e. The van der Waals surface area contributed by atoms with Gasteiger partial charge >= 0.3 is 6.18 Å². The molecule has 5 nitrogen and oxygen atoms in total. The molecule has 0 spiro atoms. The summed E-state index contributed by atoms with van der Waals surface area (Å²) in [5.41, 5.74) is -1.37. The molecule has 2 rings (SSSR count). The maximum atomic E-state index is 12.6. The van der Waals surface area contributed by atoms with E-state index in [0.29, 0.717) is 6.07 Å². The summed E-state index contributed by atoms with van der Waals surface area (Å²) in [6, 6.07) is 2.40. The average Bonchev–Trinajstić information content (AvgIpc) is 2.63. The van der Waals surface area contributed by atoms with Crippen LogP contribution in [0.4, 0.5) is 18.9 Å². The Morgan fingerprint density at radius 3 is 2.52 bits per heavy atom. The number of halogens is 3. The Bertz CT molecular complexity index is 624. The van der Waals surface area contributed by atoms with Crippen LogP contribution < -0.4 is 4.90 Å². The minimum atomic E-state index is -4.61.